The van der Waals surface area contributed by atoms with Gasteiger partial charge in [0.2, 0.25) is 6.75 Å². The van der Waals surface area contributed by atoms with Crippen molar-refractivity contribution in [3.8, 4) is 17.2 Å². The molecule has 126 valence electrons. The Morgan fingerprint density at radius 2 is 2.08 bits per heavy atom. The third kappa shape index (κ3) is 3.17. The minimum atomic E-state index is -2.69. The van der Waals surface area contributed by atoms with Gasteiger partial charge in [0.1, 0.15) is 14.3 Å². The van der Waals surface area contributed by atoms with E-state index in [1.165, 1.54) is 30.3 Å². The van der Waals surface area contributed by atoms with Crippen molar-refractivity contribution in [1.29, 1.82) is 0 Å². The van der Waals surface area contributed by atoms with Crippen LogP contribution in [-0.2, 0) is 0 Å². The summed E-state index contributed by atoms with van der Waals surface area (Å²) >= 11 is 0. The van der Waals surface area contributed by atoms with Gasteiger partial charge in [0.25, 0.3) is 0 Å². The molecule has 4 rings (SSSR count). The van der Waals surface area contributed by atoms with Crippen molar-refractivity contribution < 1.29 is 28.2 Å². The maximum atomic E-state index is 13.4. The Balaban J connectivity index is 1.69. The fraction of sp³-hybridized carbons (Fsp3) is 0.368. The predicted octanol–water partition coefficient (Wildman–Crippen LogP) is 3.33. The summed E-state index contributed by atoms with van der Waals surface area (Å²) in [5, 5.41) is 2.77. The third-order valence-electron chi connectivity index (χ3n) is 3.82. The van der Waals surface area contributed by atoms with Gasteiger partial charge in [0.15, 0.2) is 11.5 Å². The zero-order chi connectivity index (χ0) is 22.7. The van der Waals surface area contributed by atoms with Crippen LogP contribution in [0.2, 0.25) is 0 Å². The Kier molecular flexibility index (Phi) is 2.59. The van der Waals surface area contributed by atoms with Gasteiger partial charge in [-0.05, 0) is 48.7 Å². The van der Waals surface area contributed by atoms with Crippen molar-refractivity contribution in [2.24, 2.45) is 5.89 Å². The van der Waals surface area contributed by atoms with Crippen LogP contribution in [0.5, 0.6) is 17.2 Å². The maximum absolute atomic E-state index is 13.4. The first-order valence-corrected chi connectivity index (χ1v) is 7.50. The van der Waals surface area contributed by atoms with E-state index < -0.39 is 37.3 Å². The molecule has 2 aromatic rings. The summed E-state index contributed by atoms with van der Waals surface area (Å²) in [6, 6.07) is 8.96. The van der Waals surface area contributed by atoms with Crippen LogP contribution in [0, 0.1) is 11.7 Å². The Hall–Kier alpha value is -2.27. The fourth-order valence-corrected chi connectivity index (χ4v) is 2.62. The quantitative estimate of drug-likeness (QED) is 0.930. The average Bonchev–Trinajstić information content (AvgIpc) is 2.95. The number of piperidine rings is 1. The van der Waals surface area contributed by atoms with E-state index in [1.54, 1.807) is 0 Å². The van der Waals surface area contributed by atoms with Gasteiger partial charge >= 0.3 is 0 Å². The summed E-state index contributed by atoms with van der Waals surface area (Å²) in [7, 11) is 0. The summed E-state index contributed by atoms with van der Waals surface area (Å²) in [4.78, 5) is 0. The Morgan fingerprint density at radius 3 is 2.96 bits per heavy atom. The molecule has 0 bridgehead atoms. The molecule has 0 saturated carbocycles. The molecule has 2 aliphatic heterocycles. The second-order valence-corrected chi connectivity index (χ2v) is 5.42. The van der Waals surface area contributed by atoms with Crippen LogP contribution in [0.4, 0.5) is 4.39 Å². The Labute approximate surface area is 150 Å². The molecule has 2 atom stereocenters. The molecular formula is C19H20FNO3. The number of hydrogen-bond acceptors (Lipinski definition) is 4. The molecule has 1 N–H and O–H groups in total. The highest BCUT2D eigenvalue weighted by molar-refractivity contribution is 5.46. The number of nitrogens with one attached hydrogen (secondary N) is 1. The van der Waals surface area contributed by atoms with E-state index in [1.807, 2.05) is 0 Å². The van der Waals surface area contributed by atoms with E-state index in [0.717, 1.165) is 12.1 Å². The molecule has 2 aromatic carbocycles. The molecule has 0 spiro atoms. The highest BCUT2D eigenvalue weighted by Gasteiger charge is 2.27. The van der Waals surface area contributed by atoms with E-state index in [-0.39, 0.29) is 35.9 Å². The summed E-state index contributed by atoms with van der Waals surface area (Å²) < 4.78 is 86.8. The molecule has 24 heavy (non-hydrogen) atoms. The van der Waals surface area contributed by atoms with Crippen LogP contribution in [0.25, 0.3) is 0 Å². The molecule has 5 heteroatoms. The van der Waals surface area contributed by atoms with Gasteiger partial charge in [0, 0.05) is 22.6 Å². The topological polar surface area (TPSA) is 39.7 Å². The van der Waals surface area contributed by atoms with Crippen LogP contribution in [0.3, 0.4) is 0 Å². The van der Waals surface area contributed by atoms with Gasteiger partial charge in [0.05, 0.1) is 9.30 Å². The number of halogens is 1. The smallest absolute Gasteiger partial charge is 0.231 e. The third-order valence-corrected chi connectivity index (χ3v) is 3.82. The van der Waals surface area contributed by atoms with Gasteiger partial charge in [-0.25, -0.2) is 4.39 Å². The fourth-order valence-electron chi connectivity index (χ4n) is 2.62. The van der Waals surface area contributed by atoms with Crippen LogP contribution >= 0.6 is 0 Å². The highest BCUT2D eigenvalue weighted by Crippen LogP contribution is 2.36. The molecule has 2 heterocycles. The molecule has 0 amide bonds. The van der Waals surface area contributed by atoms with Crippen molar-refractivity contribution in [2.45, 2.75) is 12.3 Å². The van der Waals surface area contributed by atoms with Crippen molar-refractivity contribution in [1.82, 2.24) is 5.32 Å². The van der Waals surface area contributed by atoms with Crippen LogP contribution in [0.1, 0.15) is 27.4 Å². The number of fused-ring (bicyclic) bond motifs is 1. The minimum absolute atomic E-state index is 0.0181. The number of rotatable bonds is 4. The summed E-state index contributed by atoms with van der Waals surface area (Å²) in [6.07, 6.45) is -2.01. The standard InChI is InChI=1S/C19H20FNO3/c20-15-3-1-13(2-4-15)17-7-8-21-10-14(17)11-22-16-5-6-18-19(9-16)24-12-23-18/h1-6,9,14,17,21H,7-8,10-12H2/t14?,17-/m0/s1/i7D2,11D2,12D2,14D. The Bertz CT molecular complexity index is 989. The molecule has 1 unspecified atom stereocenters. The summed E-state index contributed by atoms with van der Waals surface area (Å²) in [5.74, 6) is -3.81. The number of hydrogen-bond donors (Lipinski definition) is 1. The average molecular weight is 336 g/mol. The summed E-state index contributed by atoms with van der Waals surface area (Å²) in [6.45, 7) is -5.37. The molecule has 4 nitrogen and oxygen atoms in total. The lowest BCUT2D eigenvalue weighted by Gasteiger charge is -2.32. The molecule has 1 fully saturated rings. The SMILES string of the molecule is [2H]C1([2H])Oc2ccc(OC([2H])([2H])C3([2H])CNCC([2H])([2H])[C@H]3c3ccc(F)cc3)cc2O1. The lowest BCUT2D eigenvalue weighted by Crippen LogP contribution is -2.38. The van der Waals surface area contributed by atoms with Crippen molar-refractivity contribution in [3.63, 3.8) is 0 Å². The highest BCUT2D eigenvalue weighted by atomic mass is 19.1. The van der Waals surface area contributed by atoms with E-state index in [4.69, 9.17) is 23.8 Å². The second-order valence-electron chi connectivity index (χ2n) is 5.42. The van der Waals surface area contributed by atoms with Gasteiger partial charge in [-0.2, -0.15) is 0 Å². The van der Waals surface area contributed by atoms with E-state index in [0.29, 0.717) is 0 Å². The van der Waals surface area contributed by atoms with E-state index in [9.17, 15) is 4.39 Å². The lowest BCUT2D eigenvalue weighted by molar-refractivity contribution is 0.173. The molecule has 1 saturated heterocycles. The van der Waals surface area contributed by atoms with E-state index >= 15 is 0 Å². The van der Waals surface area contributed by atoms with Crippen molar-refractivity contribution in [3.05, 3.63) is 53.8 Å². The van der Waals surface area contributed by atoms with Gasteiger partial charge in [-0.1, -0.05) is 12.1 Å². The zero-order valence-electron chi connectivity index (χ0n) is 19.6. The number of ether oxygens (including phenoxy) is 3. The molecule has 2 aliphatic rings. The first-order valence-electron chi connectivity index (χ1n) is 11.0. The molecule has 0 aliphatic carbocycles. The predicted molar refractivity (Wildman–Crippen MR) is 88.2 cm³/mol. The monoisotopic (exact) mass is 336 g/mol. The van der Waals surface area contributed by atoms with Crippen molar-refractivity contribution >= 4 is 0 Å². The first-order chi connectivity index (χ1) is 14.3. The van der Waals surface area contributed by atoms with Crippen LogP contribution in [0.15, 0.2) is 42.5 Å². The lowest BCUT2D eigenvalue weighted by atomic mass is 9.81. The normalized spacial score (nSPS) is 34.5. The zero-order valence-corrected chi connectivity index (χ0v) is 12.6. The molecule has 0 aromatic heterocycles. The second kappa shape index (κ2) is 6.69. The minimum Gasteiger partial charge on any atom is -0.493 e. The molecule has 0 radical (unpaired) electrons. The number of benzene rings is 2. The Morgan fingerprint density at radius 1 is 1.25 bits per heavy atom. The van der Waals surface area contributed by atoms with Crippen molar-refractivity contribution in [2.75, 3.05) is 26.4 Å². The van der Waals surface area contributed by atoms with Gasteiger partial charge in [-0.3, -0.25) is 0 Å². The van der Waals surface area contributed by atoms with Gasteiger partial charge in [-0.15, -0.1) is 0 Å². The van der Waals surface area contributed by atoms with E-state index in [2.05, 4.69) is 5.32 Å². The maximum Gasteiger partial charge on any atom is 0.231 e. The molecular weight excluding hydrogens is 309 g/mol. The largest absolute Gasteiger partial charge is 0.493 e. The van der Waals surface area contributed by atoms with Crippen LogP contribution in [-0.4, -0.2) is 26.4 Å². The van der Waals surface area contributed by atoms with Crippen LogP contribution < -0.4 is 19.5 Å². The summed E-state index contributed by atoms with van der Waals surface area (Å²) in [5.41, 5.74) is 0.286. The van der Waals surface area contributed by atoms with Gasteiger partial charge < -0.3 is 19.5 Å². The first kappa shape index (κ1) is 9.28.